The van der Waals surface area contributed by atoms with Gasteiger partial charge in [0.05, 0.1) is 18.8 Å². The number of aliphatic hydroxyl groups excluding tert-OH is 2. The van der Waals surface area contributed by atoms with Crippen molar-refractivity contribution < 1.29 is 24.8 Å². The van der Waals surface area contributed by atoms with E-state index in [-0.39, 0.29) is 12.4 Å². The van der Waals surface area contributed by atoms with Gasteiger partial charge in [-0.1, -0.05) is 0 Å². The van der Waals surface area contributed by atoms with Crippen LogP contribution in [0.5, 0.6) is 11.5 Å². The summed E-state index contributed by atoms with van der Waals surface area (Å²) in [4.78, 5) is 2.99. The van der Waals surface area contributed by atoms with Crippen LogP contribution in [-0.4, -0.2) is 45.4 Å². The molecule has 0 saturated carbocycles. The molecule has 0 aliphatic carbocycles. The van der Waals surface area contributed by atoms with E-state index in [4.69, 9.17) is 14.6 Å². The van der Waals surface area contributed by atoms with E-state index in [2.05, 4.69) is 4.98 Å². The van der Waals surface area contributed by atoms with Crippen LogP contribution in [0.2, 0.25) is 0 Å². The van der Waals surface area contributed by atoms with Gasteiger partial charge < -0.3 is 29.8 Å². The van der Waals surface area contributed by atoms with Crippen molar-refractivity contribution in [1.82, 2.24) is 4.98 Å². The molecule has 4 N–H and O–H groups in total. The zero-order valence-corrected chi connectivity index (χ0v) is 10.8. The van der Waals surface area contributed by atoms with Crippen LogP contribution in [0.1, 0.15) is 12.8 Å². The minimum Gasteiger partial charge on any atom is -0.504 e. The Hall–Kier alpha value is -1.76. The number of nitrogens with one attached hydrogen (secondary N) is 1. The lowest BCUT2D eigenvalue weighted by Crippen LogP contribution is -2.40. The topological polar surface area (TPSA) is 94.9 Å². The third-order valence-electron chi connectivity index (χ3n) is 3.44. The molecule has 3 atom stereocenters. The molecule has 6 nitrogen and oxygen atoms in total. The molecule has 6 heteroatoms. The first-order chi connectivity index (χ1) is 9.65. The summed E-state index contributed by atoms with van der Waals surface area (Å²) in [6.07, 6.45) is 0.765. The van der Waals surface area contributed by atoms with E-state index >= 15 is 0 Å². The SMILES string of the molecule is OCC1CC(O)CC(Oc2cc3cc[nH]c3cc2O)O1. The van der Waals surface area contributed by atoms with Crippen LogP contribution in [0.25, 0.3) is 10.9 Å². The first kappa shape index (κ1) is 13.2. The van der Waals surface area contributed by atoms with Gasteiger partial charge in [-0.25, -0.2) is 0 Å². The molecule has 1 aromatic heterocycles. The number of phenolic OH excluding ortho intramolecular Hbond substituents is 1. The predicted molar refractivity (Wildman–Crippen MR) is 71.6 cm³/mol. The van der Waals surface area contributed by atoms with Gasteiger partial charge in [-0.3, -0.25) is 0 Å². The maximum Gasteiger partial charge on any atom is 0.202 e. The molecule has 1 aliphatic heterocycles. The Balaban J connectivity index is 1.79. The fourth-order valence-electron chi connectivity index (χ4n) is 2.45. The Morgan fingerprint density at radius 2 is 2.20 bits per heavy atom. The number of ether oxygens (including phenoxy) is 2. The molecule has 3 rings (SSSR count). The summed E-state index contributed by atoms with van der Waals surface area (Å²) < 4.78 is 11.1. The summed E-state index contributed by atoms with van der Waals surface area (Å²) in [6, 6.07) is 5.15. The lowest BCUT2D eigenvalue weighted by Gasteiger charge is -2.32. The fraction of sp³-hybridized carbons (Fsp3) is 0.429. The highest BCUT2D eigenvalue weighted by Gasteiger charge is 2.29. The highest BCUT2D eigenvalue weighted by molar-refractivity contribution is 5.83. The van der Waals surface area contributed by atoms with Crippen molar-refractivity contribution in [3.8, 4) is 11.5 Å². The second-order valence-corrected chi connectivity index (χ2v) is 5.00. The van der Waals surface area contributed by atoms with Gasteiger partial charge in [0.25, 0.3) is 0 Å². The van der Waals surface area contributed by atoms with Crippen LogP contribution in [0.4, 0.5) is 0 Å². The number of hydrogen-bond donors (Lipinski definition) is 4. The summed E-state index contributed by atoms with van der Waals surface area (Å²) in [6.45, 7) is -0.167. The van der Waals surface area contributed by atoms with Crippen molar-refractivity contribution in [2.75, 3.05) is 6.61 Å². The third kappa shape index (κ3) is 2.58. The third-order valence-corrected chi connectivity index (χ3v) is 3.44. The number of rotatable bonds is 3. The molecule has 1 aromatic carbocycles. The number of hydrogen-bond acceptors (Lipinski definition) is 5. The van der Waals surface area contributed by atoms with E-state index in [0.717, 1.165) is 10.9 Å². The average Bonchev–Trinajstić information content (AvgIpc) is 2.85. The minimum absolute atomic E-state index is 0.00385. The first-order valence-electron chi connectivity index (χ1n) is 6.57. The summed E-state index contributed by atoms with van der Waals surface area (Å²) in [5.41, 5.74) is 0.813. The average molecular weight is 279 g/mol. The van der Waals surface area contributed by atoms with Crippen LogP contribution in [0, 0.1) is 0 Å². The monoisotopic (exact) mass is 279 g/mol. The van der Waals surface area contributed by atoms with Gasteiger partial charge in [0.2, 0.25) is 6.29 Å². The molecule has 1 fully saturated rings. The minimum atomic E-state index is -0.682. The molecule has 0 spiro atoms. The van der Waals surface area contributed by atoms with Crippen molar-refractivity contribution in [1.29, 1.82) is 0 Å². The van der Waals surface area contributed by atoms with E-state index in [1.807, 2.05) is 6.07 Å². The van der Waals surface area contributed by atoms with Crippen molar-refractivity contribution >= 4 is 10.9 Å². The van der Waals surface area contributed by atoms with Crippen LogP contribution >= 0.6 is 0 Å². The maximum atomic E-state index is 9.93. The Bertz CT molecular complexity index is 596. The molecule has 1 saturated heterocycles. The predicted octanol–water partition coefficient (Wildman–Crippen LogP) is 1.11. The molecule has 1 aliphatic rings. The van der Waals surface area contributed by atoms with Gasteiger partial charge >= 0.3 is 0 Å². The lowest BCUT2D eigenvalue weighted by molar-refractivity contribution is -0.185. The largest absolute Gasteiger partial charge is 0.504 e. The summed E-state index contributed by atoms with van der Waals surface area (Å²) in [5, 5.41) is 29.7. The molecule has 0 bridgehead atoms. The quantitative estimate of drug-likeness (QED) is 0.675. The van der Waals surface area contributed by atoms with Gasteiger partial charge in [-0.05, 0) is 12.1 Å². The second kappa shape index (κ2) is 5.32. The number of aromatic hydroxyl groups is 1. The second-order valence-electron chi connectivity index (χ2n) is 5.00. The molecule has 108 valence electrons. The van der Waals surface area contributed by atoms with Gasteiger partial charge in [0.15, 0.2) is 11.5 Å². The number of aromatic amines is 1. The van der Waals surface area contributed by atoms with E-state index < -0.39 is 18.5 Å². The normalized spacial score (nSPS) is 26.8. The molecule has 0 amide bonds. The molecule has 0 radical (unpaired) electrons. The number of fused-ring (bicyclic) bond motifs is 1. The Morgan fingerprint density at radius 1 is 1.35 bits per heavy atom. The molecular weight excluding hydrogens is 262 g/mol. The zero-order valence-electron chi connectivity index (χ0n) is 10.8. The summed E-state index contributed by atoms with van der Waals surface area (Å²) in [5.74, 6) is 0.303. The molecule has 2 aromatic rings. The Labute approximate surface area is 115 Å². The Kier molecular flexibility index (Phi) is 3.52. The first-order valence-corrected chi connectivity index (χ1v) is 6.57. The van der Waals surface area contributed by atoms with Gasteiger partial charge in [0, 0.05) is 36.0 Å². The van der Waals surface area contributed by atoms with Crippen molar-refractivity contribution in [2.45, 2.75) is 31.3 Å². The van der Waals surface area contributed by atoms with E-state index in [9.17, 15) is 10.2 Å². The number of phenols is 1. The van der Waals surface area contributed by atoms with E-state index in [1.165, 1.54) is 0 Å². The molecule has 3 unspecified atom stereocenters. The summed E-state index contributed by atoms with van der Waals surface area (Å²) in [7, 11) is 0. The van der Waals surface area contributed by atoms with Crippen LogP contribution in [0.15, 0.2) is 24.4 Å². The highest BCUT2D eigenvalue weighted by Crippen LogP contribution is 2.33. The fourth-order valence-corrected chi connectivity index (χ4v) is 2.45. The summed E-state index contributed by atoms with van der Waals surface area (Å²) >= 11 is 0. The standard InChI is InChI=1S/C14H17NO5/c16-7-10-4-9(17)5-14(19-10)20-13-3-8-1-2-15-11(8)6-12(13)18/h1-3,6,9-10,14-18H,4-5,7H2. The molecular formula is C14H17NO5. The number of benzene rings is 1. The van der Waals surface area contributed by atoms with Gasteiger partial charge in [-0.15, -0.1) is 0 Å². The highest BCUT2D eigenvalue weighted by atomic mass is 16.7. The number of aliphatic hydroxyl groups is 2. The van der Waals surface area contributed by atoms with Gasteiger partial charge in [-0.2, -0.15) is 0 Å². The molecule has 20 heavy (non-hydrogen) atoms. The Morgan fingerprint density at radius 3 is 3.00 bits per heavy atom. The van der Waals surface area contributed by atoms with Crippen LogP contribution < -0.4 is 4.74 Å². The number of aromatic nitrogens is 1. The smallest absolute Gasteiger partial charge is 0.202 e. The van der Waals surface area contributed by atoms with Crippen LogP contribution in [-0.2, 0) is 4.74 Å². The number of H-pyrrole nitrogens is 1. The van der Waals surface area contributed by atoms with Crippen LogP contribution in [0.3, 0.4) is 0 Å². The van der Waals surface area contributed by atoms with E-state index in [0.29, 0.717) is 18.6 Å². The van der Waals surface area contributed by atoms with E-state index in [1.54, 1.807) is 18.3 Å². The van der Waals surface area contributed by atoms with Crippen molar-refractivity contribution in [3.63, 3.8) is 0 Å². The molecule has 2 heterocycles. The zero-order chi connectivity index (χ0) is 14.1. The maximum absolute atomic E-state index is 9.93. The van der Waals surface area contributed by atoms with Crippen molar-refractivity contribution in [2.24, 2.45) is 0 Å². The lowest BCUT2D eigenvalue weighted by atomic mass is 10.1. The van der Waals surface area contributed by atoms with Gasteiger partial charge in [0.1, 0.15) is 0 Å². The van der Waals surface area contributed by atoms with Crippen molar-refractivity contribution in [3.05, 3.63) is 24.4 Å².